The Balaban J connectivity index is 1.87. The molecule has 2 aromatic carbocycles. The smallest absolute Gasteiger partial charge is 0.232 e. The van der Waals surface area contributed by atoms with E-state index in [1.54, 1.807) is 18.2 Å². The maximum absolute atomic E-state index is 12.4. The number of hydrogen-bond acceptors (Lipinski definition) is 3. The summed E-state index contributed by atoms with van der Waals surface area (Å²) in [5.41, 5.74) is 2.55. The molecule has 1 aliphatic heterocycles. The zero-order valence-electron chi connectivity index (χ0n) is 14.6. The van der Waals surface area contributed by atoms with Crippen LogP contribution in [0.5, 0.6) is 0 Å². The van der Waals surface area contributed by atoms with Gasteiger partial charge in [0.2, 0.25) is 10.0 Å². The van der Waals surface area contributed by atoms with Gasteiger partial charge in [-0.1, -0.05) is 47.5 Å². The molecule has 0 bridgehead atoms. The fourth-order valence-electron chi connectivity index (χ4n) is 3.29. The minimum absolute atomic E-state index is 0.144. The zero-order chi connectivity index (χ0) is 18.7. The highest BCUT2D eigenvalue weighted by Gasteiger charge is 2.21. The molecule has 0 aliphatic carbocycles. The molecule has 0 amide bonds. The van der Waals surface area contributed by atoms with Gasteiger partial charge in [-0.25, -0.2) is 8.42 Å². The summed E-state index contributed by atoms with van der Waals surface area (Å²) in [6, 6.07) is 13.0. The summed E-state index contributed by atoms with van der Waals surface area (Å²) in [4.78, 5) is 0. The van der Waals surface area contributed by atoms with Crippen LogP contribution >= 0.6 is 23.2 Å². The van der Waals surface area contributed by atoms with Crippen LogP contribution in [0.3, 0.4) is 0 Å². The van der Waals surface area contributed by atoms with Gasteiger partial charge in [0.05, 0.1) is 28.5 Å². The Labute approximate surface area is 165 Å². The van der Waals surface area contributed by atoms with E-state index >= 15 is 0 Å². The monoisotopic (exact) mass is 412 g/mol. The van der Waals surface area contributed by atoms with Gasteiger partial charge < -0.3 is 5.32 Å². The van der Waals surface area contributed by atoms with Crippen molar-refractivity contribution in [3.8, 4) is 0 Å². The van der Waals surface area contributed by atoms with Gasteiger partial charge in [-0.2, -0.15) is 0 Å². The summed E-state index contributed by atoms with van der Waals surface area (Å²) in [5.74, 6) is 0.527. The van der Waals surface area contributed by atoms with E-state index in [1.807, 2.05) is 24.3 Å². The number of piperidine rings is 1. The van der Waals surface area contributed by atoms with E-state index in [0.717, 1.165) is 25.9 Å². The number of halogens is 2. The Kier molecular flexibility index (Phi) is 6.13. The largest absolute Gasteiger partial charge is 0.317 e. The van der Waals surface area contributed by atoms with E-state index in [1.165, 1.54) is 16.1 Å². The summed E-state index contributed by atoms with van der Waals surface area (Å²) in [5, 5.41) is 4.16. The molecule has 0 spiro atoms. The summed E-state index contributed by atoms with van der Waals surface area (Å²) in [6.45, 7) is 2.19. The van der Waals surface area contributed by atoms with Crippen molar-refractivity contribution in [1.82, 2.24) is 5.32 Å². The van der Waals surface area contributed by atoms with Crippen molar-refractivity contribution in [3.05, 3.63) is 63.6 Å². The van der Waals surface area contributed by atoms with Gasteiger partial charge in [0, 0.05) is 0 Å². The second kappa shape index (κ2) is 8.17. The van der Waals surface area contributed by atoms with Gasteiger partial charge in [-0.05, 0) is 61.2 Å². The number of nitrogens with one attached hydrogen (secondary N) is 1. The van der Waals surface area contributed by atoms with Gasteiger partial charge in [0.1, 0.15) is 0 Å². The molecule has 1 fully saturated rings. The average Bonchev–Trinajstić information content (AvgIpc) is 2.63. The standard InChI is InChI=1S/C19H22Cl2N2O2S/c1-26(24,25)23(13-16-3-2-4-18(20)19(16)21)17-7-5-14(6-8-17)15-9-11-22-12-10-15/h2-8,15,22H,9-13H2,1H3. The molecule has 1 heterocycles. The first-order valence-corrected chi connectivity index (χ1v) is 11.2. The highest BCUT2D eigenvalue weighted by molar-refractivity contribution is 7.92. The lowest BCUT2D eigenvalue weighted by atomic mass is 9.90. The lowest BCUT2D eigenvalue weighted by molar-refractivity contribution is 0.460. The van der Waals surface area contributed by atoms with Gasteiger partial charge >= 0.3 is 0 Å². The molecule has 140 valence electrons. The number of benzene rings is 2. The Bertz CT molecular complexity index is 864. The van der Waals surface area contributed by atoms with Crippen LogP contribution in [0.1, 0.15) is 29.9 Å². The summed E-state index contributed by atoms with van der Waals surface area (Å²) >= 11 is 12.3. The minimum atomic E-state index is -3.46. The van der Waals surface area contributed by atoms with E-state index in [2.05, 4.69) is 5.32 Å². The van der Waals surface area contributed by atoms with Crippen molar-refractivity contribution in [2.45, 2.75) is 25.3 Å². The van der Waals surface area contributed by atoms with Crippen molar-refractivity contribution in [2.75, 3.05) is 23.7 Å². The molecule has 0 radical (unpaired) electrons. The molecule has 0 aromatic heterocycles. The Morgan fingerprint density at radius 1 is 1.08 bits per heavy atom. The summed E-state index contributed by atoms with van der Waals surface area (Å²) in [7, 11) is -3.46. The first-order chi connectivity index (χ1) is 12.4. The van der Waals surface area contributed by atoms with E-state index in [4.69, 9.17) is 23.2 Å². The molecule has 0 unspecified atom stereocenters. The fraction of sp³-hybridized carbons (Fsp3) is 0.368. The molecule has 1 aliphatic rings. The summed E-state index contributed by atoms with van der Waals surface area (Å²) < 4.78 is 26.1. The minimum Gasteiger partial charge on any atom is -0.317 e. The quantitative estimate of drug-likeness (QED) is 0.789. The van der Waals surface area contributed by atoms with E-state index in [0.29, 0.717) is 27.2 Å². The third-order valence-electron chi connectivity index (χ3n) is 4.74. The van der Waals surface area contributed by atoms with Gasteiger partial charge in [0.25, 0.3) is 0 Å². The van der Waals surface area contributed by atoms with Crippen LogP contribution in [-0.2, 0) is 16.6 Å². The Morgan fingerprint density at radius 3 is 2.35 bits per heavy atom. The van der Waals surface area contributed by atoms with E-state index < -0.39 is 10.0 Å². The molecule has 26 heavy (non-hydrogen) atoms. The first kappa shape index (κ1) is 19.5. The van der Waals surface area contributed by atoms with Crippen LogP contribution in [0.4, 0.5) is 5.69 Å². The van der Waals surface area contributed by atoms with E-state index in [9.17, 15) is 8.42 Å². The zero-order valence-corrected chi connectivity index (χ0v) is 16.9. The highest BCUT2D eigenvalue weighted by atomic mass is 35.5. The van der Waals surface area contributed by atoms with Crippen LogP contribution in [-0.4, -0.2) is 27.8 Å². The van der Waals surface area contributed by atoms with Crippen molar-refractivity contribution >= 4 is 38.9 Å². The maximum Gasteiger partial charge on any atom is 0.232 e. The summed E-state index contributed by atoms with van der Waals surface area (Å²) in [6.07, 6.45) is 3.41. The van der Waals surface area contributed by atoms with Gasteiger partial charge in [-0.3, -0.25) is 4.31 Å². The van der Waals surface area contributed by atoms with Crippen molar-refractivity contribution in [1.29, 1.82) is 0 Å². The van der Waals surface area contributed by atoms with Crippen LogP contribution in [0, 0.1) is 0 Å². The molecule has 7 heteroatoms. The predicted octanol–water partition coefficient (Wildman–Crippen LogP) is 4.43. The van der Waals surface area contributed by atoms with Crippen molar-refractivity contribution in [3.63, 3.8) is 0 Å². The third kappa shape index (κ3) is 4.52. The predicted molar refractivity (Wildman–Crippen MR) is 109 cm³/mol. The first-order valence-electron chi connectivity index (χ1n) is 8.57. The van der Waals surface area contributed by atoms with Crippen LogP contribution in [0.15, 0.2) is 42.5 Å². The Hall–Kier alpha value is -1.27. The second-order valence-electron chi connectivity index (χ2n) is 6.60. The van der Waals surface area contributed by atoms with Crippen molar-refractivity contribution < 1.29 is 8.42 Å². The molecule has 0 saturated carbocycles. The second-order valence-corrected chi connectivity index (χ2v) is 9.29. The number of rotatable bonds is 5. The molecular formula is C19H22Cl2N2O2S. The van der Waals surface area contributed by atoms with Gasteiger partial charge in [0.15, 0.2) is 0 Å². The molecule has 1 N–H and O–H groups in total. The highest BCUT2D eigenvalue weighted by Crippen LogP contribution is 2.31. The molecule has 2 aromatic rings. The number of hydrogen-bond donors (Lipinski definition) is 1. The molecular weight excluding hydrogens is 391 g/mol. The van der Waals surface area contributed by atoms with Crippen LogP contribution in [0.25, 0.3) is 0 Å². The number of nitrogens with zero attached hydrogens (tertiary/aromatic N) is 1. The molecule has 1 saturated heterocycles. The Morgan fingerprint density at radius 2 is 1.73 bits per heavy atom. The normalized spacial score (nSPS) is 15.8. The van der Waals surface area contributed by atoms with Crippen LogP contribution in [0.2, 0.25) is 10.0 Å². The molecule has 0 atom stereocenters. The van der Waals surface area contributed by atoms with Gasteiger partial charge in [-0.15, -0.1) is 0 Å². The third-order valence-corrected chi connectivity index (χ3v) is 6.74. The SMILES string of the molecule is CS(=O)(=O)N(Cc1cccc(Cl)c1Cl)c1ccc(C2CCNCC2)cc1. The molecule has 4 nitrogen and oxygen atoms in total. The maximum atomic E-state index is 12.4. The average molecular weight is 413 g/mol. The topological polar surface area (TPSA) is 49.4 Å². The molecule has 3 rings (SSSR count). The number of sulfonamides is 1. The van der Waals surface area contributed by atoms with E-state index in [-0.39, 0.29) is 6.54 Å². The number of anilines is 1. The van der Waals surface area contributed by atoms with Crippen LogP contribution < -0.4 is 9.62 Å². The van der Waals surface area contributed by atoms with Crippen molar-refractivity contribution in [2.24, 2.45) is 0 Å². The lowest BCUT2D eigenvalue weighted by Crippen LogP contribution is -2.29. The fourth-order valence-corrected chi connectivity index (χ4v) is 4.55. The lowest BCUT2D eigenvalue weighted by Gasteiger charge is -2.26.